The lowest BCUT2D eigenvalue weighted by molar-refractivity contribution is -0.772. The van der Waals surface area contributed by atoms with Gasteiger partial charge in [-0.2, -0.15) is 0 Å². The highest BCUT2D eigenvalue weighted by atomic mass is 35.5. The molecule has 2 N–H and O–H groups in total. The molecule has 0 radical (unpaired) electrons. The number of hydrogen-bond donors (Lipinski definition) is 2. The highest BCUT2D eigenvalue weighted by Gasteiger charge is 2.27. The predicted octanol–water partition coefficient (Wildman–Crippen LogP) is 1.96. The first kappa shape index (κ1) is 17.4. The van der Waals surface area contributed by atoms with Crippen LogP contribution in [0.25, 0.3) is 0 Å². The number of benzene rings is 1. The number of nitrogens with one attached hydrogen (secondary N) is 2. The molecule has 124 valence electrons. The van der Waals surface area contributed by atoms with E-state index in [-0.39, 0.29) is 5.91 Å². The summed E-state index contributed by atoms with van der Waals surface area (Å²) in [5.41, 5.74) is -0.0291. The van der Waals surface area contributed by atoms with Crippen LogP contribution in [0.1, 0.15) is 13.3 Å². The molecule has 1 unspecified atom stereocenters. The van der Waals surface area contributed by atoms with Crippen LogP contribution in [0.2, 0.25) is 5.02 Å². The fourth-order valence-electron chi connectivity index (χ4n) is 1.91. The second kappa shape index (κ2) is 7.56. The molecule has 2 rings (SSSR count). The molecule has 0 spiro atoms. The minimum absolute atomic E-state index is 0.251. The third-order valence-corrected chi connectivity index (χ3v) is 4.82. The summed E-state index contributed by atoms with van der Waals surface area (Å²) < 4.78 is 11.3. The fraction of sp³-hybridized carbons (Fsp3) is 0.357. The lowest BCUT2D eigenvalue weighted by Crippen LogP contribution is -2.35. The monoisotopic (exact) mass is 358 g/mol. The average Bonchev–Trinajstić information content (AvgIpc) is 2.84. The molecule has 0 fully saturated rings. The summed E-state index contributed by atoms with van der Waals surface area (Å²) in [7, 11) is 3.15. The van der Waals surface area contributed by atoms with Gasteiger partial charge in [0.2, 0.25) is 5.91 Å². The first-order valence-electron chi connectivity index (χ1n) is 6.84. The molecule has 23 heavy (non-hydrogen) atoms. The summed E-state index contributed by atoms with van der Waals surface area (Å²) >= 11 is 7.09. The van der Waals surface area contributed by atoms with E-state index in [2.05, 4.69) is 15.1 Å². The number of carbonyl (C=O) groups excluding carboxylic acids is 1. The molecule has 1 heterocycles. The normalized spacial score (nSPS) is 12.0. The van der Waals surface area contributed by atoms with Crippen molar-refractivity contribution in [3.05, 3.63) is 33.6 Å². The smallest absolute Gasteiger partial charge is 0.441 e. The molecule has 0 aliphatic carbocycles. The van der Waals surface area contributed by atoms with Gasteiger partial charge in [-0.1, -0.05) is 23.2 Å². The van der Waals surface area contributed by atoms with Gasteiger partial charge in [0, 0.05) is 5.02 Å². The van der Waals surface area contributed by atoms with Crippen LogP contribution in [0, 0.1) is 0 Å². The molecular formula is C14H17ClN3O4S+. The lowest BCUT2D eigenvalue weighted by atomic mass is 10.2. The number of aromatic nitrogens is 2. The number of H-pyrrole nitrogens is 1. The Morgan fingerprint density at radius 2 is 2.30 bits per heavy atom. The van der Waals surface area contributed by atoms with Crippen molar-refractivity contribution in [3.8, 4) is 5.75 Å². The first-order chi connectivity index (χ1) is 11.0. The standard InChI is InChI=1S/C14H16ClN3O4S/c1-4-11(23-13-14(20)22-17-18(13)2)12(19)16-9-7-8(15)5-6-10(9)21-3/h5-7,11H,4H2,1-3H3,(H-,16,17,19,20)/p+1. The summed E-state index contributed by atoms with van der Waals surface area (Å²) in [6.07, 6.45) is 0.532. The van der Waals surface area contributed by atoms with E-state index in [1.165, 1.54) is 11.8 Å². The lowest BCUT2D eigenvalue weighted by Gasteiger charge is -2.14. The molecule has 1 amide bonds. The number of aryl methyl sites for hydroxylation is 1. The molecule has 0 bridgehead atoms. The van der Waals surface area contributed by atoms with E-state index < -0.39 is 10.9 Å². The van der Waals surface area contributed by atoms with Gasteiger partial charge in [-0.25, -0.2) is 4.79 Å². The molecule has 0 aliphatic rings. The Kier molecular flexibility index (Phi) is 5.73. The quantitative estimate of drug-likeness (QED) is 0.608. The molecule has 7 nitrogen and oxygen atoms in total. The van der Waals surface area contributed by atoms with Crippen LogP contribution in [0.5, 0.6) is 5.75 Å². The van der Waals surface area contributed by atoms with Crippen LogP contribution in [0.3, 0.4) is 0 Å². The van der Waals surface area contributed by atoms with Crippen molar-refractivity contribution >= 4 is 35.0 Å². The van der Waals surface area contributed by atoms with Gasteiger partial charge in [-0.15, -0.1) is 0 Å². The van der Waals surface area contributed by atoms with Crippen molar-refractivity contribution in [1.82, 2.24) is 5.27 Å². The Hall–Kier alpha value is -1.93. The number of nitrogens with zero attached hydrogens (tertiary/aromatic N) is 1. The molecule has 2 aromatic rings. The van der Waals surface area contributed by atoms with Crippen LogP contribution >= 0.6 is 23.4 Å². The molecule has 1 aromatic carbocycles. The zero-order valence-corrected chi connectivity index (χ0v) is 14.5. The van der Waals surface area contributed by atoms with E-state index in [0.717, 1.165) is 11.8 Å². The number of halogens is 1. The summed E-state index contributed by atoms with van der Waals surface area (Å²) in [5, 5.41) is 5.54. The van der Waals surface area contributed by atoms with E-state index in [1.54, 1.807) is 25.2 Å². The number of aromatic amines is 1. The van der Waals surface area contributed by atoms with Crippen LogP contribution in [0.15, 0.2) is 32.5 Å². The number of rotatable bonds is 6. The highest BCUT2D eigenvalue weighted by molar-refractivity contribution is 8.00. The van der Waals surface area contributed by atoms with Crippen molar-refractivity contribution in [2.24, 2.45) is 7.05 Å². The van der Waals surface area contributed by atoms with E-state index in [4.69, 9.17) is 16.3 Å². The molecule has 0 saturated heterocycles. The number of ether oxygens (including phenoxy) is 1. The molecule has 1 aromatic heterocycles. The minimum atomic E-state index is -0.510. The summed E-state index contributed by atoms with van der Waals surface area (Å²) in [6.45, 7) is 1.86. The van der Waals surface area contributed by atoms with Crippen LogP contribution in [0.4, 0.5) is 5.69 Å². The Balaban J connectivity index is 2.18. The molecule has 9 heteroatoms. The Morgan fingerprint density at radius 3 is 2.87 bits per heavy atom. The van der Waals surface area contributed by atoms with Crippen LogP contribution in [-0.2, 0) is 11.8 Å². The predicted molar refractivity (Wildman–Crippen MR) is 87.1 cm³/mol. The summed E-state index contributed by atoms with van der Waals surface area (Å²) in [6, 6.07) is 4.96. The van der Waals surface area contributed by atoms with Crippen molar-refractivity contribution in [2.75, 3.05) is 12.4 Å². The Morgan fingerprint density at radius 1 is 1.57 bits per heavy atom. The maximum absolute atomic E-state index is 12.5. The fourth-order valence-corrected chi connectivity index (χ4v) is 3.01. The number of carbonyl (C=O) groups is 1. The zero-order chi connectivity index (χ0) is 17.0. The molecule has 0 aliphatic heterocycles. The minimum Gasteiger partial charge on any atom is -0.495 e. The van der Waals surface area contributed by atoms with E-state index in [9.17, 15) is 9.59 Å². The molecular weight excluding hydrogens is 342 g/mol. The van der Waals surface area contributed by atoms with Crippen LogP contribution < -0.4 is 20.4 Å². The Labute approximate surface area is 141 Å². The van der Waals surface area contributed by atoms with E-state index >= 15 is 0 Å². The zero-order valence-electron chi connectivity index (χ0n) is 12.9. The number of anilines is 1. The van der Waals surface area contributed by atoms with Gasteiger partial charge in [0.15, 0.2) is 7.05 Å². The van der Waals surface area contributed by atoms with Gasteiger partial charge >= 0.3 is 10.7 Å². The SMILES string of the molecule is CCC(Sc1c(=O)o[nH][n+]1C)C(=O)Nc1cc(Cl)ccc1OC. The van der Waals surface area contributed by atoms with Crippen molar-refractivity contribution < 1.29 is 18.7 Å². The summed E-state index contributed by atoms with van der Waals surface area (Å²) in [5.74, 6) is 0.257. The Bertz CT molecular complexity index is 759. The third kappa shape index (κ3) is 4.08. The number of methoxy groups -OCH3 is 1. The van der Waals surface area contributed by atoms with Gasteiger partial charge in [-0.3, -0.25) is 9.32 Å². The van der Waals surface area contributed by atoms with Gasteiger partial charge in [0.05, 0.1) is 18.0 Å². The first-order valence-corrected chi connectivity index (χ1v) is 8.10. The number of amides is 1. The molecule has 0 saturated carbocycles. The van der Waals surface area contributed by atoms with E-state index in [1.807, 2.05) is 6.92 Å². The van der Waals surface area contributed by atoms with Gasteiger partial charge in [0.25, 0.3) is 0 Å². The maximum Gasteiger partial charge on any atom is 0.441 e. The topological polar surface area (TPSA) is 88.2 Å². The van der Waals surface area contributed by atoms with Gasteiger partial charge in [0.1, 0.15) is 5.75 Å². The number of thioether (sulfide) groups is 1. The van der Waals surface area contributed by atoms with Crippen molar-refractivity contribution in [3.63, 3.8) is 0 Å². The largest absolute Gasteiger partial charge is 0.495 e. The molecule has 1 atom stereocenters. The van der Waals surface area contributed by atoms with Gasteiger partial charge < -0.3 is 10.1 Å². The van der Waals surface area contributed by atoms with E-state index in [0.29, 0.717) is 27.9 Å². The second-order valence-corrected chi connectivity index (χ2v) is 6.32. The second-order valence-electron chi connectivity index (χ2n) is 4.69. The summed E-state index contributed by atoms with van der Waals surface area (Å²) in [4.78, 5) is 24.1. The van der Waals surface area contributed by atoms with Crippen LogP contribution in [-0.4, -0.2) is 23.5 Å². The van der Waals surface area contributed by atoms with Crippen molar-refractivity contribution in [1.29, 1.82) is 0 Å². The number of hydrogen-bond acceptors (Lipinski definition) is 5. The van der Waals surface area contributed by atoms with Crippen molar-refractivity contribution in [2.45, 2.75) is 23.6 Å². The highest BCUT2D eigenvalue weighted by Crippen LogP contribution is 2.29. The third-order valence-electron chi connectivity index (χ3n) is 3.09. The maximum atomic E-state index is 12.5. The van der Waals surface area contributed by atoms with Gasteiger partial charge in [-0.05, 0) is 41.7 Å². The average molecular weight is 359 g/mol.